The van der Waals surface area contributed by atoms with Gasteiger partial charge in [-0.3, -0.25) is 0 Å². The van der Waals surface area contributed by atoms with E-state index >= 15 is 0 Å². The normalized spacial score (nSPS) is 12.5. The molecule has 0 saturated carbocycles. The number of hydrogen-bond acceptors (Lipinski definition) is 3. The highest BCUT2D eigenvalue weighted by Crippen LogP contribution is 2.12. The minimum Gasteiger partial charge on any atom is -0.357 e. The largest absolute Gasteiger partial charge is 0.357 e. The molecule has 1 aromatic heterocycles. The van der Waals surface area contributed by atoms with Gasteiger partial charge in [0.1, 0.15) is 5.82 Å². The molecule has 0 aromatic carbocycles. The molecule has 0 radical (unpaired) electrons. The fourth-order valence-electron chi connectivity index (χ4n) is 1.88. The van der Waals surface area contributed by atoms with E-state index in [1.165, 1.54) is 5.56 Å². The molecule has 1 rings (SSSR count). The fraction of sp³-hybridized carbons (Fsp3) is 0.643. The van der Waals surface area contributed by atoms with E-state index in [-0.39, 0.29) is 6.04 Å². The van der Waals surface area contributed by atoms with Crippen molar-refractivity contribution in [2.45, 2.75) is 46.1 Å². The Kier molecular flexibility index (Phi) is 5.98. The van der Waals surface area contributed by atoms with Gasteiger partial charge in [-0.2, -0.15) is 0 Å². The third kappa shape index (κ3) is 4.35. The van der Waals surface area contributed by atoms with Crippen LogP contribution in [0, 0.1) is 0 Å². The molecule has 0 bridgehead atoms. The monoisotopic (exact) mass is 235 g/mol. The van der Waals surface area contributed by atoms with Gasteiger partial charge >= 0.3 is 0 Å². The Bertz CT molecular complexity index is 308. The minimum absolute atomic E-state index is 0.251. The molecule has 1 atom stereocenters. The van der Waals surface area contributed by atoms with Crippen LogP contribution < -0.4 is 10.6 Å². The van der Waals surface area contributed by atoms with Crippen LogP contribution in [-0.2, 0) is 6.42 Å². The predicted molar refractivity (Wildman–Crippen MR) is 74.4 cm³/mol. The Morgan fingerprint density at radius 3 is 2.53 bits per heavy atom. The summed E-state index contributed by atoms with van der Waals surface area (Å²) in [6, 6.07) is 4.51. The van der Waals surface area contributed by atoms with Crippen molar-refractivity contribution in [1.29, 1.82) is 0 Å². The van der Waals surface area contributed by atoms with E-state index in [0.29, 0.717) is 0 Å². The minimum atomic E-state index is 0.251. The van der Waals surface area contributed by atoms with Crippen molar-refractivity contribution in [3.63, 3.8) is 0 Å². The summed E-state index contributed by atoms with van der Waals surface area (Å²) in [5.74, 6) is 1.07. The van der Waals surface area contributed by atoms with Gasteiger partial charge in [0.25, 0.3) is 0 Å². The number of pyridine rings is 1. The molecule has 1 unspecified atom stereocenters. The quantitative estimate of drug-likeness (QED) is 0.790. The maximum absolute atomic E-state index is 5.94. The molecular weight excluding hydrogens is 210 g/mol. The Morgan fingerprint density at radius 2 is 2.06 bits per heavy atom. The van der Waals surface area contributed by atoms with Crippen LogP contribution in [0.1, 0.15) is 39.2 Å². The third-order valence-corrected chi connectivity index (χ3v) is 3.03. The van der Waals surface area contributed by atoms with Crippen LogP contribution in [-0.4, -0.2) is 24.1 Å². The summed E-state index contributed by atoms with van der Waals surface area (Å²) in [7, 11) is 0. The highest BCUT2D eigenvalue weighted by molar-refractivity contribution is 5.39. The van der Waals surface area contributed by atoms with E-state index in [9.17, 15) is 0 Å². The first-order valence-corrected chi connectivity index (χ1v) is 6.66. The number of rotatable bonds is 7. The summed E-state index contributed by atoms with van der Waals surface area (Å²) in [6.45, 7) is 8.55. The Morgan fingerprint density at radius 1 is 1.29 bits per heavy atom. The number of anilines is 1. The maximum atomic E-state index is 5.94. The van der Waals surface area contributed by atoms with Gasteiger partial charge in [-0.1, -0.05) is 19.9 Å². The zero-order valence-corrected chi connectivity index (χ0v) is 11.3. The SMILES string of the molecule is CCCN(CC)c1ccc(CC(N)CC)cn1. The molecule has 2 N–H and O–H groups in total. The fourth-order valence-corrected chi connectivity index (χ4v) is 1.88. The van der Waals surface area contributed by atoms with Gasteiger partial charge in [0.2, 0.25) is 0 Å². The van der Waals surface area contributed by atoms with Crippen LogP contribution in [0.4, 0.5) is 5.82 Å². The van der Waals surface area contributed by atoms with Crippen LogP contribution in [0.2, 0.25) is 0 Å². The second kappa shape index (κ2) is 7.28. The summed E-state index contributed by atoms with van der Waals surface area (Å²) < 4.78 is 0. The first kappa shape index (κ1) is 14.0. The number of nitrogens with zero attached hydrogens (tertiary/aromatic N) is 2. The van der Waals surface area contributed by atoms with Crippen molar-refractivity contribution in [2.24, 2.45) is 5.73 Å². The predicted octanol–water partition coefficient (Wildman–Crippen LogP) is 2.60. The number of aromatic nitrogens is 1. The molecule has 1 aromatic rings. The summed E-state index contributed by atoms with van der Waals surface area (Å²) in [6.07, 6.45) is 5.05. The van der Waals surface area contributed by atoms with Gasteiger partial charge in [0.15, 0.2) is 0 Å². The van der Waals surface area contributed by atoms with Crippen molar-refractivity contribution in [1.82, 2.24) is 4.98 Å². The summed E-state index contributed by atoms with van der Waals surface area (Å²) in [5, 5.41) is 0. The lowest BCUT2D eigenvalue weighted by Crippen LogP contribution is -2.25. The van der Waals surface area contributed by atoms with Crippen LogP contribution in [0.15, 0.2) is 18.3 Å². The molecule has 17 heavy (non-hydrogen) atoms. The van der Waals surface area contributed by atoms with E-state index in [1.54, 1.807) is 0 Å². The van der Waals surface area contributed by atoms with Gasteiger partial charge in [-0.05, 0) is 37.8 Å². The average molecular weight is 235 g/mol. The molecule has 0 aliphatic heterocycles. The second-order valence-electron chi connectivity index (χ2n) is 4.48. The molecule has 0 aliphatic rings. The molecule has 0 amide bonds. The van der Waals surface area contributed by atoms with Gasteiger partial charge in [-0.15, -0.1) is 0 Å². The lowest BCUT2D eigenvalue weighted by Gasteiger charge is -2.21. The Labute approximate surface area is 105 Å². The molecule has 3 nitrogen and oxygen atoms in total. The standard InChI is InChI=1S/C14H25N3/c1-4-9-17(6-3)14-8-7-12(11-16-14)10-13(15)5-2/h7-8,11,13H,4-6,9-10,15H2,1-3H3. The summed E-state index contributed by atoms with van der Waals surface area (Å²) in [5.41, 5.74) is 7.17. The van der Waals surface area contributed by atoms with Crippen LogP contribution >= 0.6 is 0 Å². The van der Waals surface area contributed by atoms with Gasteiger partial charge < -0.3 is 10.6 Å². The second-order valence-corrected chi connectivity index (χ2v) is 4.48. The summed E-state index contributed by atoms with van der Waals surface area (Å²) >= 11 is 0. The van der Waals surface area contributed by atoms with Crippen molar-refractivity contribution < 1.29 is 0 Å². The molecule has 3 heteroatoms. The molecule has 0 aliphatic carbocycles. The number of hydrogen-bond donors (Lipinski definition) is 1. The van der Waals surface area contributed by atoms with Gasteiger partial charge in [0.05, 0.1) is 0 Å². The van der Waals surface area contributed by atoms with Crippen molar-refractivity contribution in [3.05, 3.63) is 23.9 Å². The lowest BCUT2D eigenvalue weighted by atomic mass is 10.1. The third-order valence-electron chi connectivity index (χ3n) is 3.03. The highest BCUT2D eigenvalue weighted by atomic mass is 15.2. The smallest absolute Gasteiger partial charge is 0.128 e. The molecule has 0 fully saturated rings. The van der Waals surface area contributed by atoms with Gasteiger partial charge in [-0.25, -0.2) is 4.98 Å². The first-order valence-electron chi connectivity index (χ1n) is 6.66. The molecule has 0 spiro atoms. The van der Waals surface area contributed by atoms with Crippen LogP contribution in [0.25, 0.3) is 0 Å². The maximum Gasteiger partial charge on any atom is 0.128 e. The van der Waals surface area contributed by atoms with Crippen LogP contribution in [0.3, 0.4) is 0 Å². The van der Waals surface area contributed by atoms with Crippen molar-refractivity contribution in [2.75, 3.05) is 18.0 Å². The highest BCUT2D eigenvalue weighted by Gasteiger charge is 2.06. The average Bonchev–Trinajstić information content (AvgIpc) is 2.37. The zero-order chi connectivity index (χ0) is 12.7. The van der Waals surface area contributed by atoms with E-state index < -0.39 is 0 Å². The first-order chi connectivity index (χ1) is 8.21. The molecule has 1 heterocycles. The van der Waals surface area contributed by atoms with Crippen molar-refractivity contribution in [3.8, 4) is 0 Å². The van der Waals surface area contributed by atoms with E-state index in [1.807, 2.05) is 6.20 Å². The zero-order valence-electron chi connectivity index (χ0n) is 11.3. The van der Waals surface area contributed by atoms with E-state index in [2.05, 4.69) is 42.8 Å². The molecular formula is C14H25N3. The Hall–Kier alpha value is -1.09. The molecule has 96 valence electrons. The lowest BCUT2D eigenvalue weighted by molar-refractivity contribution is 0.645. The Balaban J connectivity index is 2.66. The topological polar surface area (TPSA) is 42.1 Å². The van der Waals surface area contributed by atoms with E-state index in [0.717, 1.165) is 38.2 Å². The molecule has 0 saturated heterocycles. The van der Waals surface area contributed by atoms with Crippen LogP contribution in [0.5, 0.6) is 0 Å². The summed E-state index contributed by atoms with van der Waals surface area (Å²) in [4.78, 5) is 6.82. The van der Waals surface area contributed by atoms with Crippen molar-refractivity contribution >= 4 is 5.82 Å². The van der Waals surface area contributed by atoms with E-state index in [4.69, 9.17) is 5.73 Å². The number of nitrogens with two attached hydrogens (primary N) is 1. The van der Waals surface area contributed by atoms with Gasteiger partial charge in [0, 0.05) is 25.3 Å².